The fourth-order valence-electron chi connectivity index (χ4n) is 2.59. The van der Waals surface area contributed by atoms with Crippen LogP contribution in [0.3, 0.4) is 0 Å². The summed E-state index contributed by atoms with van der Waals surface area (Å²) in [5, 5.41) is 8.93. The number of carboxylic acids is 1. The summed E-state index contributed by atoms with van der Waals surface area (Å²) >= 11 is 0. The largest absolute Gasteiger partial charge is 0.481 e. The fraction of sp³-hybridized carbons (Fsp3) is 0.462. The van der Waals surface area contributed by atoms with Gasteiger partial charge in [0, 0.05) is 18.8 Å². The molecule has 6 heteroatoms. The molecule has 1 aliphatic heterocycles. The average Bonchev–Trinajstić information content (AvgIpc) is 2.75. The number of rotatable bonds is 4. The molecule has 2 heterocycles. The molecular weight excluding hydrogens is 246 g/mol. The lowest BCUT2D eigenvalue weighted by molar-refractivity contribution is -0.137. The standard InChI is InChI=1S/C13H17N3O3/c1-8-4-5-15-13(11(8)12(14)19)16-6-2-3-9(16)7-10(17)18/h4-5,9H,2-3,6-7H2,1H3,(H2,14,19)(H,17,18). The summed E-state index contributed by atoms with van der Waals surface area (Å²) in [6, 6.07) is 1.61. The van der Waals surface area contributed by atoms with Crippen LogP contribution in [0.4, 0.5) is 5.82 Å². The van der Waals surface area contributed by atoms with Gasteiger partial charge in [-0.15, -0.1) is 0 Å². The van der Waals surface area contributed by atoms with Crippen LogP contribution < -0.4 is 10.6 Å². The second-order valence-electron chi connectivity index (χ2n) is 4.78. The minimum absolute atomic E-state index is 0.0494. The zero-order chi connectivity index (χ0) is 14.0. The number of aliphatic carboxylic acids is 1. The van der Waals surface area contributed by atoms with Gasteiger partial charge in [0.15, 0.2) is 0 Å². The van der Waals surface area contributed by atoms with Crippen LogP contribution in [-0.2, 0) is 4.79 Å². The Morgan fingerprint density at radius 1 is 1.58 bits per heavy atom. The van der Waals surface area contributed by atoms with E-state index in [-0.39, 0.29) is 12.5 Å². The Morgan fingerprint density at radius 2 is 2.32 bits per heavy atom. The first-order valence-electron chi connectivity index (χ1n) is 6.24. The van der Waals surface area contributed by atoms with Crippen LogP contribution in [0.15, 0.2) is 12.3 Å². The number of pyridine rings is 1. The van der Waals surface area contributed by atoms with Gasteiger partial charge >= 0.3 is 5.97 Å². The normalized spacial score (nSPS) is 18.6. The van der Waals surface area contributed by atoms with Gasteiger partial charge in [-0.1, -0.05) is 0 Å². The SMILES string of the molecule is Cc1ccnc(N2CCCC2CC(=O)O)c1C(N)=O. The third-order valence-corrected chi connectivity index (χ3v) is 3.45. The predicted molar refractivity (Wildman–Crippen MR) is 70.1 cm³/mol. The molecule has 0 radical (unpaired) electrons. The van der Waals surface area contributed by atoms with E-state index in [0.29, 0.717) is 17.9 Å². The van der Waals surface area contributed by atoms with Crippen molar-refractivity contribution in [3.63, 3.8) is 0 Å². The Kier molecular flexibility index (Phi) is 3.69. The molecule has 6 nitrogen and oxygen atoms in total. The highest BCUT2D eigenvalue weighted by atomic mass is 16.4. The van der Waals surface area contributed by atoms with E-state index >= 15 is 0 Å². The number of carboxylic acid groups (broad SMARTS) is 1. The molecule has 19 heavy (non-hydrogen) atoms. The van der Waals surface area contributed by atoms with Gasteiger partial charge in [-0.2, -0.15) is 0 Å². The third-order valence-electron chi connectivity index (χ3n) is 3.45. The number of primary amides is 1. The molecule has 1 atom stereocenters. The van der Waals surface area contributed by atoms with E-state index in [1.54, 1.807) is 19.2 Å². The Hall–Kier alpha value is -2.11. The van der Waals surface area contributed by atoms with Crippen molar-refractivity contribution in [1.82, 2.24) is 4.98 Å². The predicted octanol–water partition coefficient (Wildman–Crippen LogP) is 0.932. The lowest BCUT2D eigenvalue weighted by atomic mass is 10.1. The molecule has 1 aromatic heterocycles. The first-order chi connectivity index (χ1) is 9.00. The smallest absolute Gasteiger partial charge is 0.305 e. The first kappa shape index (κ1) is 13.3. The summed E-state index contributed by atoms with van der Waals surface area (Å²) in [6.45, 7) is 2.50. The van der Waals surface area contributed by atoms with E-state index in [4.69, 9.17) is 10.8 Å². The van der Waals surface area contributed by atoms with Gasteiger partial charge in [-0.05, 0) is 31.4 Å². The summed E-state index contributed by atoms with van der Waals surface area (Å²) < 4.78 is 0. The monoisotopic (exact) mass is 263 g/mol. The number of aromatic nitrogens is 1. The minimum atomic E-state index is -0.842. The molecule has 1 fully saturated rings. The molecule has 1 saturated heterocycles. The third kappa shape index (κ3) is 2.67. The number of carbonyl (C=O) groups is 2. The van der Waals surface area contributed by atoms with E-state index in [1.165, 1.54) is 0 Å². The second-order valence-corrected chi connectivity index (χ2v) is 4.78. The average molecular weight is 263 g/mol. The molecule has 102 valence electrons. The summed E-state index contributed by atoms with van der Waals surface area (Å²) in [5.41, 5.74) is 6.56. The van der Waals surface area contributed by atoms with Crippen molar-refractivity contribution in [3.05, 3.63) is 23.4 Å². The molecule has 1 aliphatic rings. The number of anilines is 1. The number of carbonyl (C=O) groups excluding carboxylic acids is 1. The Bertz CT molecular complexity index is 516. The van der Waals surface area contributed by atoms with Gasteiger partial charge in [0.05, 0.1) is 12.0 Å². The van der Waals surface area contributed by atoms with Crippen molar-refractivity contribution in [2.45, 2.75) is 32.2 Å². The van der Waals surface area contributed by atoms with Crippen molar-refractivity contribution >= 4 is 17.7 Å². The Morgan fingerprint density at radius 3 is 2.95 bits per heavy atom. The highest BCUT2D eigenvalue weighted by Gasteiger charge is 2.30. The summed E-state index contributed by atoms with van der Waals surface area (Å²) in [6.07, 6.45) is 3.35. The number of amides is 1. The van der Waals surface area contributed by atoms with E-state index in [0.717, 1.165) is 18.4 Å². The zero-order valence-corrected chi connectivity index (χ0v) is 10.8. The zero-order valence-electron chi connectivity index (χ0n) is 10.8. The first-order valence-corrected chi connectivity index (χ1v) is 6.24. The van der Waals surface area contributed by atoms with E-state index in [1.807, 2.05) is 4.90 Å². The van der Waals surface area contributed by atoms with E-state index < -0.39 is 11.9 Å². The van der Waals surface area contributed by atoms with Crippen molar-refractivity contribution in [2.75, 3.05) is 11.4 Å². The van der Waals surface area contributed by atoms with Crippen molar-refractivity contribution in [2.24, 2.45) is 5.73 Å². The quantitative estimate of drug-likeness (QED) is 0.842. The second kappa shape index (κ2) is 5.26. The Balaban J connectivity index is 2.38. The molecular formula is C13H17N3O3. The van der Waals surface area contributed by atoms with Crippen LogP contribution in [0.5, 0.6) is 0 Å². The minimum Gasteiger partial charge on any atom is -0.481 e. The molecule has 1 aromatic rings. The molecule has 1 amide bonds. The number of nitrogens with two attached hydrogens (primary N) is 1. The van der Waals surface area contributed by atoms with E-state index in [9.17, 15) is 9.59 Å². The lowest BCUT2D eigenvalue weighted by Crippen LogP contribution is -2.34. The summed E-state index contributed by atoms with van der Waals surface area (Å²) in [4.78, 5) is 28.6. The van der Waals surface area contributed by atoms with Gasteiger partial charge in [0.2, 0.25) is 0 Å². The number of hydrogen-bond acceptors (Lipinski definition) is 4. The van der Waals surface area contributed by atoms with Crippen LogP contribution in [0.2, 0.25) is 0 Å². The molecule has 2 rings (SSSR count). The lowest BCUT2D eigenvalue weighted by Gasteiger charge is -2.26. The van der Waals surface area contributed by atoms with Gasteiger partial charge in [0.25, 0.3) is 5.91 Å². The summed E-state index contributed by atoms with van der Waals surface area (Å²) in [5.74, 6) is -0.858. The van der Waals surface area contributed by atoms with Crippen LogP contribution in [0.1, 0.15) is 35.2 Å². The molecule has 3 N–H and O–H groups in total. The number of aryl methyl sites for hydroxylation is 1. The summed E-state index contributed by atoms with van der Waals surface area (Å²) in [7, 11) is 0. The van der Waals surface area contributed by atoms with Crippen LogP contribution in [0.25, 0.3) is 0 Å². The van der Waals surface area contributed by atoms with Crippen LogP contribution in [-0.4, -0.2) is 34.6 Å². The molecule has 0 spiro atoms. The highest BCUT2D eigenvalue weighted by Crippen LogP contribution is 2.29. The number of hydrogen-bond donors (Lipinski definition) is 2. The highest BCUT2D eigenvalue weighted by molar-refractivity contribution is 5.99. The van der Waals surface area contributed by atoms with Crippen LogP contribution in [0, 0.1) is 6.92 Å². The van der Waals surface area contributed by atoms with Gasteiger partial charge in [0.1, 0.15) is 5.82 Å². The van der Waals surface area contributed by atoms with Gasteiger partial charge < -0.3 is 15.7 Å². The van der Waals surface area contributed by atoms with Gasteiger partial charge in [-0.25, -0.2) is 4.98 Å². The maximum Gasteiger partial charge on any atom is 0.305 e. The van der Waals surface area contributed by atoms with Crippen molar-refractivity contribution in [1.29, 1.82) is 0 Å². The number of nitrogens with zero attached hydrogens (tertiary/aromatic N) is 2. The van der Waals surface area contributed by atoms with Crippen LogP contribution >= 0.6 is 0 Å². The maximum absolute atomic E-state index is 11.6. The topological polar surface area (TPSA) is 96.5 Å². The van der Waals surface area contributed by atoms with Crippen molar-refractivity contribution < 1.29 is 14.7 Å². The maximum atomic E-state index is 11.6. The molecule has 0 bridgehead atoms. The fourth-order valence-corrected chi connectivity index (χ4v) is 2.59. The Labute approximate surface area is 111 Å². The molecule has 0 aliphatic carbocycles. The van der Waals surface area contributed by atoms with Gasteiger partial charge in [-0.3, -0.25) is 9.59 Å². The van der Waals surface area contributed by atoms with Crippen molar-refractivity contribution in [3.8, 4) is 0 Å². The molecule has 1 unspecified atom stereocenters. The molecule has 0 aromatic carbocycles. The van der Waals surface area contributed by atoms with E-state index in [2.05, 4.69) is 4.98 Å². The molecule has 0 saturated carbocycles.